The highest BCUT2D eigenvalue weighted by molar-refractivity contribution is 5.76. The molecule has 0 spiro atoms. The van der Waals surface area contributed by atoms with Gasteiger partial charge in [0.15, 0.2) is 6.10 Å². The molecule has 0 radical (unpaired) electrons. The molecular formula is C13H19NO4. The summed E-state index contributed by atoms with van der Waals surface area (Å²) in [4.78, 5) is 13.3. The highest BCUT2D eigenvalue weighted by Crippen LogP contribution is 2.24. The van der Waals surface area contributed by atoms with Gasteiger partial charge in [-0.1, -0.05) is 6.07 Å². The van der Waals surface area contributed by atoms with Crippen LogP contribution >= 0.6 is 0 Å². The van der Waals surface area contributed by atoms with Gasteiger partial charge in [-0.25, -0.2) is 4.79 Å². The standard InChI is InChI=1S/C13H19NO4/c1-14(2)8-10-7-9(5-6-11(10)17-3)12(15)13(16)18-4/h5-7,12,15H,8H2,1-4H3. The van der Waals surface area contributed by atoms with Crippen LogP contribution in [-0.4, -0.2) is 44.3 Å². The van der Waals surface area contributed by atoms with Crippen molar-refractivity contribution in [2.24, 2.45) is 0 Å². The lowest BCUT2D eigenvalue weighted by Gasteiger charge is -2.16. The van der Waals surface area contributed by atoms with Crippen molar-refractivity contribution in [2.75, 3.05) is 28.3 Å². The maximum absolute atomic E-state index is 11.3. The zero-order valence-corrected chi connectivity index (χ0v) is 11.1. The molecule has 1 rings (SSSR count). The van der Waals surface area contributed by atoms with Crippen LogP contribution in [0.2, 0.25) is 0 Å². The van der Waals surface area contributed by atoms with E-state index >= 15 is 0 Å². The molecule has 0 bridgehead atoms. The Morgan fingerprint density at radius 1 is 1.39 bits per heavy atom. The number of aliphatic hydroxyl groups is 1. The lowest BCUT2D eigenvalue weighted by molar-refractivity contribution is -0.150. The molecule has 1 N–H and O–H groups in total. The van der Waals surface area contributed by atoms with Crippen LogP contribution < -0.4 is 4.74 Å². The molecule has 5 heteroatoms. The maximum atomic E-state index is 11.3. The minimum atomic E-state index is -1.26. The van der Waals surface area contributed by atoms with Crippen molar-refractivity contribution in [1.29, 1.82) is 0 Å². The van der Waals surface area contributed by atoms with Crippen LogP contribution in [0.25, 0.3) is 0 Å². The van der Waals surface area contributed by atoms with E-state index in [0.29, 0.717) is 12.1 Å². The molecule has 0 saturated carbocycles. The van der Waals surface area contributed by atoms with E-state index in [0.717, 1.165) is 11.3 Å². The summed E-state index contributed by atoms with van der Waals surface area (Å²) in [5.41, 5.74) is 1.41. The first kappa shape index (κ1) is 14.5. The summed E-state index contributed by atoms with van der Waals surface area (Å²) in [5, 5.41) is 9.78. The summed E-state index contributed by atoms with van der Waals surface area (Å²) in [6.07, 6.45) is -1.26. The number of rotatable bonds is 5. The first-order valence-electron chi connectivity index (χ1n) is 5.57. The number of hydrogen-bond donors (Lipinski definition) is 1. The highest BCUT2D eigenvalue weighted by atomic mass is 16.5. The van der Waals surface area contributed by atoms with Gasteiger partial charge >= 0.3 is 5.97 Å². The molecule has 1 atom stereocenters. The summed E-state index contributed by atoms with van der Waals surface area (Å²) >= 11 is 0. The van der Waals surface area contributed by atoms with E-state index < -0.39 is 12.1 Å². The van der Waals surface area contributed by atoms with Crippen molar-refractivity contribution < 1.29 is 19.4 Å². The number of ether oxygens (including phenoxy) is 2. The van der Waals surface area contributed by atoms with Gasteiger partial charge in [-0.15, -0.1) is 0 Å². The van der Waals surface area contributed by atoms with E-state index in [4.69, 9.17) is 4.74 Å². The Labute approximate surface area is 107 Å². The summed E-state index contributed by atoms with van der Waals surface area (Å²) in [6, 6.07) is 5.14. The molecule has 0 aromatic heterocycles. The number of carbonyl (C=O) groups excluding carboxylic acids is 1. The number of carbonyl (C=O) groups is 1. The molecule has 1 aromatic carbocycles. The number of benzene rings is 1. The monoisotopic (exact) mass is 253 g/mol. The first-order valence-corrected chi connectivity index (χ1v) is 5.57. The number of esters is 1. The Morgan fingerprint density at radius 2 is 2.06 bits per heavy atom. The lowest BCUT2D eigenvalue weighted by atomic mass is 10.0. The lowest BCUT2D eigenvalue weighted by Crippen LogP contribution is -2.15. The fraction of sp³-hybridized carbons (Fsp3) is 0.462. The Kier molecular flexibility index (Phi) is 5.12. The third-order valence-electron chi connectivity index (χ3n) is 2.53. The molecule has 5 nitrogen and oxygen atoms in total. The van der Waals surface area contributed by atoms with Gasteiger partial charge in [0.25, 0.3) is 0 Å². The molecule has 0 saturated heterocycles. The second-order valence-electron chi connectivity index (χ2n) is 4.23. The largest absolute Gasteiger partial charge is 0.496 e. The molecule has 0 aliphatic rings. The molecule has 0 fully saturated rings. The molecule has 0 aliphatic carbocycles. The minimum absolute atomic E-state index is 0.500. The van der Waals surface area contributed by atoms with Gasteiger partial charge in [-0.2, -0.15) is 0 Å². The van der Waals surface area contributed by atoms with Crippen molar-refractivity contribution in [2.45, 2.75) is 12.6 Å². The van der Waals surface area contributed by atoms with Gasteiger partial charge in [0, 0.05) is 12.1 Å². The van der Waals surface area contributed by atoms with Crippen LogP contribution in [0.4, 0.5) is 0 Å². The van der Waals surface area contributed by atoms with Crippen molar-refractivity contribution in [3.05, 3.63) is 29.3 Å². The average Bonchev–Trinajstić information content (AvgIpc) is 2.36. The van der Waals surface area contributed by atoms with Crippen LogP contribution in [0.1, 0.15) is 17.2 Å². The number of methoxy groups -OCH3 is 2. The van der Waals surface area contributed by atoms with Gasteiger partial charge in [-0.05, 0) is 31.8 Å². The number of hydrogen-bond acceptors (Lipinski definition) is 5. The fourth-order valence-corrected chi connectivity index (χ4v) is 1.68. The Bertz CT molecular complexity index is 417. The predicted octanol–water partition coefficient (Wildman–Crippen LogP) is 0.963. The second-order valence-corrected chi connectivity index (χ2v) is 4.23. The summed E-state index contributed by atoms with van der Waals surface area (Å²) < 4.78 is 9.76. The quantitative estimate of drug-likeness (QED) is 0.792. The Balaban J connectivity index is 3.05. The summed E-state index contributed by atoms with van der Waals surface area (Å²) in [5.74, 6) is 0.0560. The van der Waals surface area contributed by atoms with E-state index in [1.54, 1.807) is 25.3 Å². The van der Waals surface area contributed by atoms with Crippen LogP contribution in [0.5, 0.6) is 5.75 Å². The molecule has 0 aliphatic heterocycles. The smallest absolute Gasteiger partial charge is 0.339 e. The van der Waals surface area contributed by atoms with Gasteiger partial charge in [0.1, 0.15) is 5.75 Å². The second kappa shape index (κ2) is 6.37. The number of aliphatic hydroxyl groups excluding tert-OH is 1. The molecular weight excluding hydrogens is 234 g/mol. The predicted molar refractivity (Wildman–Crippen MR) is 67.4 cm³/mol. The Hall–Kier alpha value is -1.59. The van der Waals surface area contributed by atoms with Crippen LogP contribution in [0, 0.1) is 0 Å². The summed E-state index contributed by atoms with van der Waals surface area (Å²) in [7, 11) is 6.70. The molecule has 1 aromatic rings. The molecule has 18 heavy (non-hydrogen) atoms. The van der Waals surface area contributed by atoms with Crippen LogP contribution in [0.3, 0.4) is 0 Å². The van der Waals surface area contributed by atoms with Crippen molar-refractivity contribution in [3.8, 4) is 5.75 Å². The zero-order chi connectivity index (χ0) is 13.7. The molecule has 100 valence electrons. The first-order chi connectivity index (χ1) is 8.49. The molecule has 0 heterocycles. The van der Waals surface area contributed by atoms with E-state index in [-0.39, 0.29) is 0 Å². The maximum Gasteiger partial charge on any atom is 0.339 e. The van der Waals surface area contributed by atoms with E-state index in [9.17, 15) is 9.90 Å². The van der Waals surface area contributed by atoms with E-state index in [1.807, 2.05) is 19.0 Å². The average molecular weight is 253 g/mol. The number of nitrogens with zero attached hydrogens (tertiary/aromatic N) is 1. The topological polar surface area (TPSA) is 59.0 Å². The van der Waals surface area contributed by atoms with Gasteiger partial charge < -0.3 is 19.5 Å². The highest BCUT2D eigenvalue weighted by Gasteiger charge is 2.19. The van der Waals surface area contributed by atoms with Crippen LogP contribution in [-0.2, 0) is 16.1 Å². The fourth-order valence-electron chi connectivity index (χ4n) is 1.68. The summed E-state index contributed by atoms with van der Waals surface area (Å²) in [6.45, 7) is 0.658. The van der Waals surface area contributed by atoms with E-state index in [2.05, 4.69) is 4.74 Å². The third kappa shape index (κ3) is 3.45. The zero-order valence-electron chi connectivity index (χ0n) is 11.1. The Morgan fingerprint density at radius 3 is 2.56 bits per heavy atom. The molecule has 1 unspecified atom stereocenters. The minimum Gasteiger partial charge on any atom is -0.496 e. The van der Waals surface area contributed by atoms with Crippen LogP contribution in [0.15, 0.2) is 18.2 Å². The van der Waals surface area contributed by atoms with E-state index in [1.165, 1.54) is 7.11 Å². The van der Waals surface area contributed by atoms with Gasteiger partial charge in [0.2, 0.25) is 0 Å². The normalized spacial score (nSPS) is 12.3. The van der Waals surface area contributed by atoms with Crippen molar-refractivity contribution in [3.63, 3.8) is 0 Å². The van der Waals surface area contributed by atoms with Gasteiger partial charge in [0.05, 0.1) is 14.2 Å². The third-order valence-corrected chi connectivity index (χ3v) is 2.53. The van der Waals surface area contributed by atoms with Crippen molar-refractivity contribution in [1.82, 2.24) is 4.90 Å². The SMILES string of the molecule is COC(=O)C(O)c1ccc(OC)c(CN(C)C)c1. The van der Waals surface area contributed by atoms with Gasteiger partial charge in [-0.3, -0.25) is 0 Å². The van der Waals surface area contributed by atoms with Crippen molar-refractivity contribution >= 4 is 5.97 Å². The molecule has 0 amide bonds.